The van der Waals surface area contributed by atoms with Crippen LogP contribution in [0, 0.1) is 0 Å². The van der Waals surface area contributed by atoms with Crippen LogP contribution in [0.25, 0.3) is 0 Å². The summed E-state index contributed by atoms with van der Waals surface area (Å²) in [6, 6.07) is 7.76. The van der Waals surface area contributed by atoms with Gasteiger partial charge in [0.25, 0.3) is 0 Å². The number of nitrogens with one attached hydrogen (secondary N) is 2. The van der Waals surface area contributed by atoms with Crippen LogP contribution >= 0.6 is 11.3 Å². The summed E-state index contributed by atoms with van der Waals surface area (Å²) < 4.78 is 10.6. The summed E-state index contributed by atoms with van der Waals surface area (Å²) in [6.45, 7) is 3.48. The average Bonchev–Trinajstić information content (AvgIpc) is 3.06. The number of aliphatic imine (C=N–C) groups is 1. The zero-order valence-electron chi connectivity index (χ0n) is 13.1. The number of anilines is 1. The lowest BCUT2D eigenvalue weighted by molar-refractivity contribution is 0.355. The van der Waals surface area contributed by atoms with Crippen LogP contribution in [0.1, 0.15) is 12.5 Å². The van der Waals surface area contributed by atoms with Crippen LogP contribution in [0.5, 0.6) is 11.5 Å². The third-order valence-corrected chi connectivity index (χ3v) is 3.72. The molecule has 0 fully saturated rings. The minimum absolute atomic E-state index is 0.645. The molecule has 118 valence electrons. The number of hydrogen-bond acceptors (Lipinski definition) is 4. The van der Waals surface area contributed by atoms with Crippen LogP contribution in [0.2, 0.25) is 0 Å². The summed E-state index contributed by atoms with van der Waals surface area (Å²) in [4.78, 5) is 4.58. The van der Waals surface area contributed by atoms with Crippen molar-refractivity contribution in [2.75, 3.05) is 26.1 Å². The van der Waals surface area contributed by atoms with Crippen molar-refractivity contribution < 1.29 is 9.47 Å². The number of thiophene rings is 1. The maximum Gasteiger partial charge on any atom is 0.196 e. The highest BCUT2D eigenvalue weighted by atomic mass is 32.1. The number of benzene rings is 1. The molecule has 0 saturated carbocycles. The van der Waals surface area contributed by atoms with Gasteiger partial charge in [-0.1, -0.05) is 0 Å². The van der Waals surface area contributed by atoms with Gasteiger partial charge in [-0.25, -0.2) is 4.99 Å². The fraction of sp³-hybridized carbons (Fsp3) is 0.312. The fourth-order valence-electron chi connectivity index (χ4n) is 1.91. The summed E-state index contributed by atoms with van der Waals surface area (Å²) in [5.74, 6) is 2.12. The van der Waals surface area contributed by atoms with E-state index in [2.05, 4.69) is 32.5 Å². The highest BCUT2D eigenvalue weighted by molar-refractivity contribution is 7.07. The highest BCUT2D eigenvalue weighted by Crippen LogP contribution is 2.29. The van der Waals surface area contributed by atoms with Crippen LogP contribution in [0.15, 0.2) is 40.0 Å². The Balaban J connectivity index is 2.11. The highest BCUT2D eigenvalue weighted by Gasteiger charge is 2.06. The monoisotopic (exact) mass is 319 g/mol. The van der Waals surface area contributed by atoms with Gasteiger partial charge < -0.3 is 20.1 Å². The van der Waals surface area contributed by atoms with Gasteiger partial charge in [0.2, 0.25) is 0 Å². The molecule has 2 aromatic rings. The molecule has 0 aliphatic rings. The molecule has 0 aliphatic carbocycles. The zero-order valence-corrected chi connectivity index (χ0v) is 13.9. The first kappa shape index (κ1) is 16.2. The van der Waals surface area contributed by atoms with E-state index < -0.39 is 0 Å². The van der Waals surface area contributed by atoms with E-state index in [-0.39, 0.29) is 0 Å². The van der Waals surface area contributed by atoms with Gasteiger partial charge in [-0.3, -0.25) is 0 Å². The molecule has 2 rings (SSSR count). The molecule has 0 amide bonds. The summed E-state index contributed by atoms with van der Waals surface area (Å²) in [6.07, 6.45) is 0. The first-order chi connectivity index (χ1) is 10.8. The Morgan fingerprint density at radius 3 is 2.64 bits per heavy atom. The van der Waals surface area contributed by atoms with Crippen molar-refractivity contribution in [1.29, 1.82) is 0 Å². The second kappa shape index (κ2) is 8.29. The molecule has 22 heavy (non-hydrogen) atoms. The lowest BCUT2D eigenvalue weighted by Gasteiger charge is -2.13. The van der Waals surface area contributed by atoms with E-state index in [0.29, 0.717) is 18.0 Å². The lowest BCUT2D eigenvalue weighted by atomic mass is 10.2. The second-order valence-corrected chi connectivity index (χ2v) is 5.30. The van der Waals surface area contributed by atoms with Crippen molar-refractivity contribution in [3.8, 4) is 11.5 Å². The van der Waals surface area contributed by atoms with Gasteiger partial charge in [-0.15, -0.1) is 0 Å². The van der Waals surface area contributed by atoms with Crippen molar-refractivity contribution in [3.63, 3.8) is 0 Å². The molecule has 0 saturated heterocycles. The Labute approximate surface area is 135 Å². The van der Waals surface area contributed by atoms with Crippen LogP contribution in [-0.2, 0) is 6.54 Å². The molecule has 0 radical (unpaired) electrons. The molecule has 0 spiro atoms. The quantitative estimate of drug-likeness (QED) is 0.633. The van der Waals surface area contributed by atoms with E-state index >= 15 is 0 Å². The molecule has 0 unspecified atom stereocenters. The maximum atomic E-state index is 5.31. The minimum Gasteiger partial charge on any atom is -0.493 e. The average molecular weight is 319 g/mol. The summed E-state index contributed by atoms with van der Waals surface area (Å²) in [5, 5.41) is 10.7. The van der Waals surface area contributed by atoms with Crippen molar-refractivity contribution in [1.82, 2.24) is 5.32 Å². The summed E-state index contributed by atoms with van der Waals surface area (Å²) in [7, 11) is 3.24. The second-order valence-electron chi connectivity index (χ2n) is 4.52. The topological polar surface area (TPSA) is 54.9 Å². The van der Waals surface area contributed by atoms with Crippen LogP contribution in [0.3, 0.4) is 0 Å². The third kappa shape index (κ3) is 4.39. The summed E-state index contributed by atoms with van der Waals surface area (Å²) >= 11 is 1.68. The van der Waals surface area contributed by atoms with Crippen molar-refractivity contribution in [3.05, 3.63) is 40.6 Å². The van der Waals surface area contributed by atoms with E-state index in [1.807, 2.05) is 25.1 Å². The van der Waals surface area contributed by atoms with Gasteiger partial charge in [-0.2, -0.15) is 11.3 Å². The molecule has 0 aliphatic heterocycles. The van der Waals surface area contributed by atoms with Crippen LogP contribution in [0.4, 0.5) is 5.69 Å². The minimum atomic E-state index is 0.645. The van der Waals surface area contributed by atoms with Crippen molar-refractivity contribution >= 4 is 23.0 Å². The van der Waals surface area contributed by atoms with Crippen molar-refractivity contribution in [2.24, 2.45) is 4.99 Å². The Hall–Kier alpha value is -2.21. The first-order valence-electron chi connectivity index (χ1n) is 7.05. The number of hydrogen-bond donors (Lipinski definition) is 2. The molecule has 2 N–H and O–H groups in total. The molecular weight excluding hydrogens is 298 g/mol. The molecule has 1 aromatic carbocycles. The van der Waals surface area contributed by atoms with Gasteiger partial charge in [0.05, 0.1) is 20.8 Å². The summed E-state index contributed by atoms with van der Waals surface area (Å²) in [5.41, 5.74) is 2.09. The van der Waals surface area contributed by atoms with Gasteiger partial charge >= 0.3 is 0 Å². The standard InChI is InChI=1S/C16H21N3O2S/c1-4-17-16(18-10-12-7-8-22-11-12)19-13-5-6-14(20-2)15(9-13)21-3/h5-9,11H,4,10H2,1-3H3,(H2,17,18,19). The number of nitrogens with zero attached hydrogens (tertiary/aromatic N) is 1. The number of methoxy groups -OCH3 is 2. The fourth-order valence-corrected chi connectivity index (χ4v) is 2.57. The van der Waals surface area contributed by atoms with Gasteiger partial charge in [0.15, 0.2) is 17.5 Å². The van der Waals surface area contributed by atoms with Gasteiger partial charge in [0, 0.05) is 18.3 Å². The Bertz CT molecular complexity index is 612. The maximum absolute atomic E-state index is 5.31. The Kier molecular flexibility index (Phi) is 6.09. The normalized spacial score (nSPS) is 11.1. The SMILES string of the molecule is CCNC(=NCc1ccsc1)Nc1ccc(OC)c(OC)c1. The zero-order chi connectivity index (χ0) is 15.8. The molecule has 0 bridgehead atoms. The number of guanidine groups is 1. The molecule has 1 heterocycles. The van der Waals surface area contributed by atoms with E-state index in [1.165, 1.54) is 5.56 Å². The Morgan fingerprint density at radius 2 is 2.00 bits per heavy atom. The predicted molar refractivity (Wildman–Crippen MR) is 92.3 cm³/mol. The third-order valence-electron chi connectivity index (χ3n) is 2.99. The molecule has 1 aromatic heterocycles. The van der Waals surface area contributed by atoms with E-state index in [1.54, 1.807) is 25.6 Å². The lowest BCUT2D eigenvalue weighted by Crippen LogP contribution is -2.30. The van der Waals surface area contributed by atoms with E-state index in [4.69, 9.17) is 9.47 Å². The number of ether oxygens (including phenoxy) is 2. The molecule has 0 atom stereocenters. The van der Waals surface area contributed by atoms with Crippen LogP contribution in [-0.4, -0.2) is 26.7 Å². The van der Waals surface area contributed by atoms with E-state index in [9.17, 15) is 0 Å². The van der Waals surface area contributed by atoms with Crippen molar-refractivity contribution in [2.45, 2.75) is 13.5 Å². The Morgan fingerprint density at radius 1 is 1.18 bits per heavy atom. The largest absolute Gasteiger partial charge is 0.493 e. The van der Waals surface area contributed by atoms with Gasteiger partial charge in [-0.05, 0) is 41.4 Å². The van der Waals surface area contributed by atoms with Crippen LogP contribution < -0.4 is 20.1 Å². The molecular formula is C16H21N3O2S. The molecule has 5 nitrogen and oxygen atoms in total. The van der Waals surface area contributed by atoms with Gasteiger partial charge in [0.1, 0.15) is 0 Å². The predicted octanol–water partition coefficient (Wildman–Crippen LogP) is 3.34. The smallest absolute Gasteiger partial charge is 0.196 e. The first-order valence-corrected chi connectivity index (χ1v) is 7.99. The van der Waals surface area contributed by atoms with E-state index in [0.717, 1.165) is 18.2 Å². The number of rotatable bonds is 6. The molecule has 6 heteroatoms.